The van der Waals surface area contributed by atoms with E-state index in [9.17, 15) is 19.3 Å². The molecule has 0 amide bonds. The zero-order chi connectivity index (χ0) is 13.3. The van der Waals surface area contributed by atoms with E-state index in [1.165, 1.54) is 6.07 Å². The number of aromatic nitrogens is 2. The van der Waals surface area contributed by atoms with Gasteiger partial charge in [-0.15, -0.1) is 0 Å². The van der Waals surface area contributed by atoms with Crippen molar-refractivity contribution in [2.45, 2.75) is 0 Å². The Bertz CT molecular complexity index is 638. The molecule has 0 saturated heterocycles. The maximum Gasteiger partial charge on any atom is 0.356 e. The summed E-state index contributed by atoms with van der Waals surface area (Å²) in [6.45, 7) is 0. The molecule has 1 aromatic carbocycles. The van der Waals surface area contributed by atoms with Crippen LogP contribution in [0.15, 0.2) is 30.7 Å². The van der Waals surface area contributed by atoms with Crippen LogP contribution >= 0.6 is 0 Å². The number of nitrogens with zero attached hydrogens (tertiary/aromatic N) is 3. The molecule has 2 rings (SSSR count). The SMILES string of the molecule is O=C(O)c1cn(-c2ccc([N+](=O)[O-])cc2F)cn1. The minimum Gasteiger partial charge on any atom is -0.476 e. The fourth-order valence-electron chi connectivity index (χ4n) is 1.38. The highest BCUT2D eigenvalue weighted by Crippen LogP contribution is 2.19. The van der Waals surface area contributed by atoms with Gasteiger partial charge in [0, 0.05) is 12.3 Å². The van der Waals surface area contributed by atoms with Gasteiger partial charge in [-0.25, -0.2) is 14.2 Å². The van der Waals surface area contributed by atoms with Crippen molar-refractivity contribution in [1.29, 1.82) is 0 Å². The second-order valence-corrected chi connectivity index (χ2v) is 3.36. The van der Waals surface area contributed by atoms with Gasteiger partial charge < -0.3 is 9.67 Å². The molecule has 2 aromatic rings. The first-order valence-corrected chi connectivity index (χ1v) is 4.70. The maximum atomic E-state index is 13.6. The smallest absolute Gasteiger partial charge is 0.356 e. The zero-order valence-corrected chi connectivity index (χ0v) is 8.78. The summed E-state index contributed by atoms with van der Waals surface area (Å²) in [5.41, 5.74) is -0.636. The van der Waals surface area contributed by atoms with Gasteiger partial charge in [-0.05, 0) is 6.07 Å². The Morgan fingerprint density at radius 3 is 2.72 bits per heavy atom. The summed E-state index contributed by atoms with van der Waals surface area (Å²) in [5, 5.41) is 19.1. The molecule has 0 saturated carbocycles. The van der Waals surface area contributed by atoms with Crippen molar-refractivity contribution in [2.24, 2.45) is 0 Å². The third kappa shape index (κ3) is 2.03. The molecule has 7 nitrogen and oxygen atoms in total. The predicted molar refractivity (Wildman–Crippen MR) is 57.1 cm³/mol. The van der Waals surface area contributed by atoms with E-state index in [1.54, 1.807) is 0 Å². The summed E-state index contributed by atoms with van der Waals surface area (Å²) >= 11 is 0. The molecule has 0 aliphatic rings. The molecule has 92 valence electrons. The molecule has 0 spiro atoms. The van der Waals surface area contributed by atoms with E-state index < -0.39 is 16.7 Å². The molecule has 0 aliphatic heterocycles. The third-order valence-corrected chi connectivity index (χ3v) is 2.22. The predicted octanol–water partition coefficient (Wildman–Crippen LogP) is 1.62. The highest BCUT2D eigenvalue weighted by atomic mass is 19.1. The van der Waals surface area contributed by atoms with Crippen LogP contribution in [0.5, 0.6) is 0 Å². The Kier molecular flexibility index (Phi) is 2.76. The molecule has 0 unspecified atom stereocenters. The molecule has 1 aromatic heterocycles. The molecule has 1 N–H and O–H groups in total. The van der Waals surface area contributed by atoms with Gasteiger partial charge in [-0.3, -0.25) is 10.1 Å². The number of halogens is 1. The average Bonchev–Trinajstić information content (AvgIpc) is 2.78. The van der Waals surface area contributed by atoms with Crippen LogP contribution in [0.25, 0.3) is 5.69 Å². The van der Waals surface area contributed by atoms with E-state index in [0.717, 1.165) is 29.2 Å². The first kappa shape index (κ1) is 11.7. The highest BCUT2D eigenvalue weighted by molar-refractivity contribution is 5.85. The minimum absolute atomic E-state index is 0.0133. The fraction of sp³-hybridized carbons (Fsp3) is 0. The van der Waals surface area contributed by atoms with Crippen molar-refractivity contribution in [1.82, 2.24) is 9.55 Å². The summed E-state index contributed by atoms with van der Waals surface area (Å²) in [5.74, 6) is -2.07. The highest BCUT2D eigenvalue weighted by Gasteiger charge is 2.14. The van der Waals surface area contributed by atoms with Gasteiger partial charge in [-0.1, -0.05) is 0 Å². The lowest BCUT2D eigenvalue weighted by Gasteiger charge is -2.02. The number of carboxylic acid groups (broad SMARTS) is 1. The molecule has 18 heavy (non-hydrogen) atoms. The maximum absolute atomic E-state index is 13.6. The van der Waals surface area contributed by atoms with Crippen molar-refractivity contribution >= 4 is 11.7 Å². The van der Waals surface area contributed by atoms with E-state index in [1.807, 2.05) is 0 Å². The van der Waals surface area contributed by atoms with Crippen molar-refractivity contribution in [2.75, 3.05) is 0 Å². The quantitative estimate of drug-likeness (QED) is 0.660. The Morgan fingerprint density at radius 2 is 2.22 bits per heavy atom. The molecular formula is C10H6FN3O4. The number of carboxylic acids is 1. The lowest BCUT2D eigenvalue weighted by atomic mass is 10.2. The largest absolute Gasteiger partial charge is 0.476 e. The molecule has 0 radical (unpaired) electrons. The van der Waals surface area contributed by atoms with Crippen molar-refractivity contribution < 1.29 is 19.2 Å². The van der Waals surface area contributed by atoms with Crippen LogP contribution in [0.4, 0.5) is 10.1 Å². The number of aromatic carboxylic acids is 1. The fourth-order valence-corrected chi connectivity index (χ4v) is 1.38. The molecule has 8 heteroatoms. The first-order chi connectivity index (χ1) is 8.49. The van der Waals surface area contributed by atoms with E-state index in [4.69, 9.17) is 5.11 Å². The Morgan fingerprint density at radius 1 is 1.50 bits per heavy atom. The second-order valence-electron chi connectivity index (χ2n) is 3.36. The van der Waals surface area contributed by atoms with E-state index >= 15 is 0 Å². The van der Waals surface area contributed by atoms with Crippen LogP contribution < -0.4 is 0 Å². The van der Waals surface area contributed by atoms with Gasteiger partial charge in [0.25, 0.3) is 5.69 Å². The normalized spacial score (nSPS) is 10.3. The number of nitro benzene ring substituents is 1. The lowest BCUT2D eigenvalue weighted by molar-refractivity contribution is -0.385. The van der Waals surface area contributed by atoms with Gasteiger partial charge >= 0.3 is 5.97 Å². The van der Waals surface area contributed by atoms with Gasteiger partial charge in [0.15, 0.2) is 11.5 Å². The molecule has 0 atom stereocenters. The third-order valence-electron chi connectivity index (χ3n) is 2.22. The Labute approximate surface area is 99.3 Å². The number of hydrogen-bond donors (Lipinski definition) is 1. The average molecular weight is 251 g/mol. The molecule has 1 heterocycles. The van der Waals surface area contributed by atoms with Gasteiger partial charge in [0.1, 0.15) is 6.33 Å². The number of imidazole rings is 1. The topological polar surface area (TPSA) is 98.3 Å². The summed E-state index contributed by atoms with van der Waals surface area (Å²) in [6, 6.07) is 3.06. The zero-order valence-electron chi connectivity index (χ0n) is 8.78. The number of hydrogen-bond acceptors (Lipinski definition) is 4. The van der Waals surface area contributed by atoms with E-state index in [-0.39, 0.29) is 17.1 Å². The Hall–Kier alpha value is -2.77. The van der Waals surface area contributed by atoms with Gasteiger partial charge in [-0.2, -0.15) is 0 Å². The van der Waals surface area contributed by atoms with E-state index in [0.29, 0.717) is 0 Å². The summed E-state index contributed by atoms with van der Waals surface area (Å²) in [7, 11) is 0. The number of nitro groups is 1. The Balaban J connectivity index is 2.44. The van der Waals surface area contributed by atoms with Crippen LogP contribution in [-0.2, 0) is 0 Å². The summed E-state index contributed by atoms with van der Waals surface area (Å²) < 4.78 is 14.7. The summed E-state index contributed by atoms with van der Waals surface area (Å²) in [6.07, 6.45) is 2.24. The van der Waals surface area contributed by atoms with E-state index in [2.05, 4.69) is 4.98 Å². The van der Waals surface area contributed by atoms with Crippen molar-refractivity contribution in [3.05, 3.63) is 52.3 Å². The van der Waals surface area contributed by atoms with Crippen LogP contribution in [0, 0.1) is 15.9 Å². The van der Waals surface area contributed by atoms with Crippen LogP contribution in [0.2, 0.25) is 0 Å². The summed E-state index contributed by atoms with van der Waals surface area (Å²) in [4.78, 5) is 23.9. The minimum atomic E-state index is -1.24. The first-order valence-electron chi connectivity index (χ1n) is 4.70. The number of benzene rings is 1. The van der Waals surface area contributed by atoms with Gasteiger partial charge in [0.05, 0.1) is 16.7 Å². The van der Waals surface area contributed by atoms with Crippen molar-refractivity contribution in [3.63, 3.8) is 0 Å². The lowest BCUT2D eigenvalue weighted by Crippen LogP contribution is -1.98. The molecule has 0 bridgehead atoms. The standard InChI is InChI=1S/C10H6FN3O4/c11-7-3-6(14(17)18)1-2-9(7)13-4-8(10(15)16)12-5-13/h1-5H,(H,15,16). The van der Waals surface area contributed by atoms with Gasteiger partial charge in [0.2, 0.25) is 0 Å². The molecular weight excluding hydrogens is 245 g/mol. The number of rotatable bonds is 3. The number of non-ortho nitro benzene ring substituents is 1. The van der Waals surface area contributed by atoms with Crippen molar-refractivity contribution in [3.8, 4) is 5.69 Å². The van der Waals surface area contributed by atoms with Crippen LogP contribution in [0.1, 0.15) is 10.5 Å². The molecule has 0 aliphatic carbocycles. The molecule has 0 fully saturated rings. The monoisotopic (exact) mass is 251 g/mol. The number of carbonyl (C=O) groups is 1. The second kappa shape index (κ2) is 4.24. The van der Waals surface area contributed by atoms with Crippen LogP contribution in [-0.4, -0.2) is 25.6 Å². The van der Waals surface area contributed by atoms with Crippen LogP contribution in [0.3, 0.4) is 0 Å².